The van der Waals surface area contributed by atoms with E-state index in [9.17, 15) is 0 Å². The van der Waals surface area contributed by atoms with Gasteiger partial charge in [0.05, 0.1) is 0 Å². The van der Waals surface area contributed by atoms with Gasteiger partial charge in [-0.2, -0.15) is 0 Å². The molecule has 0 spiro atoms. The van der Waals surface area contributed by atoms with Gasteiger partial charge in [-0.15, -0.1) is 0 Å². The van der Waals surface area contributed by atoms with Gasteiger partial charge in [-0.1, -0.05) is 36.4 Å². The molecule has 0 unspecified atom stereocenters. The van der Waals surface area contributed by atoms with Crippen molar-refractivity contribution in [2.24, 2.45) is 0 Å². The van der Waals surface area contributed by atoms with Gasteiger partial charge in [0.2, 0.25) is 0 Å². The van der Waals surface area contributed by atoms with E-state index in [-0.39, 0.29) is 0 Å². The summed E-state index contributed by atoms with van der Waals surface area (Å²) in [6, 6.07) is 18.4. The average Bonchev–Trinajstić information content (AvgIpc) is 2.48. The van der Waals surface area contributed by atoms with Gasteiger partial charge >= 0.3 is 0 Å². The first-order chi connectivity index (χ1) is 10.2. The van der Waals surface area contributed by atoms with E-state index >= 15 is 0 Å². The van der Waals surface area contributed by atoms with Crippen LogP contribution in [0.5, 0.6) is 0 Å². The minimum absolute atomic E-state index is 0.631. The number of hydrogen-bond acceptors (Lipinski definition) is 1. The minimum Gasteiger partial charge on any atom is -0.382 e. The third-order valence-corrected chi connectivity index (χ3v) is 4.59. The Morgan fingerprint density at radius 1 is 0.810 bits per heavy atom. The summed E-state index contributed by atoms with van der Waals surface area (Å²) >= 11 is 0. The Balaban J connectivity index is 1.58. The van der Waals surface area contributed by atoms with Gasteiger partial charge in [0, 0.05) is 11.7 Å². The Morgan fingerprint density at radius 3 is 2.05 bits per heavy atom. The molecule has 0 amide bonds. The van der Waals surface area contributed by atoms with Crippen molar-refractivity contribution < 1.29 is 0 Å². The monoisotopic (exact) mass is 279 g/mol. The molecule has 1 nitrogen and oxygen atoms in total. The molecule has 2 aromatic carbocycles. The molecule has 0 atom stereocenters. The van der Waals surface area contributed by atoms with Gasteiger partial charge in [-0.05, 0) is 74.3 Å². The largest absolute Gasteiger partial charge is 0.382 e. The molecule has 110 valence electrons. The van der Waals surface area contributed by atoms with Gasteiger partial charge in [-0.3, -0.25) is 0 Å². The van der Waals surface area contributed by atoms with Crippen LogP contribution >= 0.6 is 0 Å². The van der Waals surface area contributed by atoms with Crippen molar-refractivity contribution in [1.82, 2.24) is 0 Å². The molecule has 1 aliphatic rings. The van der Waals surface area contributed by atoms with Crippen molar-refractivity contribution in [3.05, 3.63) is 65.2 Å². The lowest BCUT2D eigenvalue weighted by molar-refractivity contribution is 0.412. The van der Waals surface area contributed by atoms with E-state index in [0.29, 0.717) is 6.04 Å². The molecule has 0 bridgehead atoms. The highest BCUT2D eigenvalue weighted by atomic mass is 14.9. The Morgan fingerprint density at radius 2 is 1.43 bits per heavy atom. The predicted molar refractivity (Wildman–Crippen MR) is 91.0 cm³/mol. The molecule has 0 aliphatic heterocycles. The van der Waals surface area contributed by atoms with Crippen molar-refractivity contribution in [3.63, 3.8) is 0 Å². The van der Waals surface area contributed by atoms with Crippen LogP contribution in [0.1, 0.15) is 48.3 Å². The quantitative estimate of drug-likeness (QED) is 0.788. The fourth-order valence-corrected chi connectivity index (χ4v) is 3.59. The van der Waals surface area contributed by atoms with E-state index in [2.05, 4.69) is 67.7 Å². The lowest BCUT2D eigenvalue weighted by Gasteiger charge is -2.30. The maximum Gasteiger partial charge on any atom is 0.0347 e. The van der Waals surface area contributed by atoms with Gasteiger partial charge in [0.15, 0.2) is 0 Å². The van der Waals surface area contributed by atoms with Crippen molar-refractivity contribution in [3.8, 4) is 0 Å². The summed E-state index contributed by atoms with van der Waals surface area (Å²) < 4.78 is 0. The third-order valence-electron chi connectivity index (χ3n) is 4.59. The molecule has 1 aliphatic carbocycles. The molecule has 1 N–H and O–H groups in total. The molecule has 0 radical (unpaired) electrons. The summed E-state index contributed by atoms with van der Waals surface area (Å²) in [7, 11) is 0. The van der Waals surface area contributed by atoms with Gasteiger partial charge < -0.3 is 5.32 Å². The van der Waals surface area contributed by atoms with Crippen LogP contribution in [-0.2, 0) is 0 Å². The highest BCUT2D eigenvalue weighted by Crippen LogP contribution is 2.34. The highest BCUT2D eigenvalue weighted by Gasteiger charge is 2.22. The Kier molecular flexibility index (Phi) is 4.28. The number of hydrogen-bond donors (Lipinski definition) is 1. The van der Waals surface area contributed by atoms with Gasteiger partial charge in [0.25, 0.3) is 0 Å². The summed E-state index contributed by atoms with van der Waals surface area (Å²) in [5.41, 5.74) is 5.49. The van der Waals surface area contributed by atoms with E-state index in [1.54, 1.807) is 0 Å². The fraction of sp³-hybridized carbons (Fsp3) is 0.400. The van der Waals surface area contributed by atoms with Crippen LogP contribution in [0, 0.1) is 13.8 Å². The van der Waals surface area contributed by atoms with E-state index in [1.165, 1.54) is 48.1 Å². The van der Waals surface area contributed by atoms with Crippen LogP contribution in [0.4, 0.5) is 5.69 Å². The number of rotatable bonds is 3. The van der Waals surface area contributed by atoms with Gasteiger partial charge in [0.1, 0.15) is 0 Å². The summed E-state index contributed by atoms with van der Waals surface area (Å²) in [4.78, 5) is 0. The predicted octanol–water partition coefficient (Wildman–Crippen LogP) is 5.44. The summed E-state index contributed by atoms with van der Waals surface area (Å²) in [5.74, 6) is 0.753. The molecule has 1 heteroatoms. The molecule has 1 saturated carbocycles. The number of nitrogens with one attached hydrogen (secondary N) is 1. The third kappa shape index (κ3) is 3.66. The first kappa shape index (κ1) is 14.2. The lowest BCUT2D eigenvalue weighted by atomic mass is 9.81. The normalized spacial score (nSPS) is 22.0. The summed E-state index contributed by atoms with van der Waals surface area (Å²) in [5, 5.41) is 3.73. The van der Waals surface area contributed by atoms with Crippen LogP contribution in [0.3, 0.4) is 0 Å². The molecule has 1 fully saturated rings. The van der Waals surface area contributed by atoms with E-state index < -0.39 is 0 Å². The molecule has 21 heavy (non-hydrogen) atoms. The van der Waals surface area contributed by atoms with Gasteiger partial charge in [-0.25, -0.2) is 0 Å². The second-order valence-corrected chi connectivity index (χ2v) is 6.48. The van der Waals surface area contributed by atoms with Crippen LogP contribution in [0.15, 0.2) is 48.5 Å². The maximum atomic E-state index is 3.73. The smallest absolute Gasteiger partial charge is 0.0347 e. The zero-order valence-corrected chi connectivity index (χ0v) is 13.1. The molecule has 3 rings (SSSR count). The minimum atomic E-state index is 0.631. The first-order valence-electron chi connectivity index (χ1n) is 8.10. The zero-order valence-electron chi connectivity index (χ0n) is 13.1. The molecule has 0 heterocycles. The van der Waals surface area contributed by atoms with Crippen molar-refractivity contribution in [1.29, 1.82) is 0 Å². The Bertz CT molecular complexity index is 560. The zero-order chi connectivity index (χ0) is 14.7. The van der Waals surface area contributed by atoms with Crippen molar-refractivity contribution in [2.75, 3.05) is 5.32 Å². The molecular weight excluding hydrogens is 254 g/mol. The standard InChI is InChI=1S/C20H25N/c1-15-12-16(2)14-20(13-15)21-19-10-8-18(9-11-19)17-6-4-3-5-7-17/h3-7,12-14,18-19,21H,8-11H2,1-2H3. The molecular formula is C20H25N. The van der Waals surface area contributed by atoms with E-state index in [4.69, 9.17) is 0 Å². The van der Waals surface area contributed by atoms with Crippen LogP contribution in [0.2, 0.25) is 0 Å². The topological polar surface area (TPSA) is 12.0 Å². The second-order valence-electron chi connectivity index (χ2n) is 6.48. The number of benzene rings is 2. The molecule has 2 aromatic rings. The average molecular weight is 279 g/mol. The Labute approximate surface area is 128 Å². The Hall–Kier alpha value is -1.76. The molecule has 0 saturated heterocycles. The van der Waals surface area contributed by atoms with Crippen LogP contribution < -0.4 is 5.32 Å². The molecule has 0 aromatic heterocycles. The van der Waals surface area contributed by atoms with E-state index in [1.807, 2.05) is 0 Å². The van der Waals surface area contributed by atoms with Crippen LogP contribution in [-0.4, -0.2) is 6.04 Å². The summed E-state index contributed by atoms with van der Waals surface area (Å²) in [6.07, 6.45) is 5.14. The first-order valence-corrected chi connectivity index (χ1v) is 8.10. The maximum absolute atomic E-state index is 3.73. The SMILES string of the molecule is Cc1cc(C)cc(NC2CCC(c3ccccc3)CC2)c1. The van der Waals surface area contributed by atoms with Crippen molar-refractivity contribution >= 4 is 5.69 Å². The number of anilines is 1. The van der Waals surface area contributed by atoms with Crippen LogP contribution in [0.25, 0.3) is 0 Å². The van der Waals surface area contributed by atoms with E-state index in [0.717, 1.165) is 5.92 Å². The lowest BCUT2D eigenvalue weighted by Crippen LogP contribution is -2.25. The highest BCUT2D eigenvalue weighted by molar-refractivity contribution is 5.49. The number of aryl methyl sites for hydroxylation is 2. The summed E-state index contributed by atoms with van der Waals surface area (Å²) in [6.45, 7) is 4.34. The fourth-order valence-electron chi connectivity index (χ4n) is 3.59. The second kappa shape index (κ2) is 6.34. The van der Waals surface area contributed by atoms with Crippen molar-refractivity contribution in [2.45, 2.75) is 51.5 Å².